The highest BCUT2D eigenvalue weighted by atomic mass is 32.1. The van der Waals surface area contributed by atoms with Gasteiger partial charge in [-0.3, -0.25) is 0 Å². The molecule has 1 atom stereocenters. The maximum absolute atomic E-state index is 12.2. The largest absolute Gasteiger partial charge is 0.443 e. The smallest absolute Gasteiger partial charge is 0.328 e. The normalized spacial score (nSPS) is 14.2. The summed E-state index contributed by atoms with van der Waals surface area (Å²) in [6.45, 7) is 1.96. The van der Waals surface area contributed by atoms with Crippen molar-refractivity contribution in [2.24, 2.45) is 5.73 Å². The molecule has 1 heterocycles. The molecule has 0 aliphatic heterocycles. The molecule has 0 bridgehead atoms. The number of hydrogen-bond acceptors (Lipinski definition) is 3. The molecular formula is C9H13F3N2S. The lowest BCUT2D eigenvalue weighted by Crippen LogP contribution is -2.18. The number of nitrogens with zero attached hydrogens (tertiary/aromatic N) is 1. The average molecular weight is 238 g/mol. The Balaban J connectivity index is 2.54. The van der Waals surface area contributed by atoms with E-state index < -0.39 is 11.2 Å². The van der Waals surface area contributed by atoms with Crippen LogP contribution in [0.25, 0.3) is 0 Å². The lowest BCUT2D eigenvalue weighted by molar-refractivity contribution is -0.137. The fourth-order valence-electron chi connectivity index (χ4n) is 1.09. The summed E-state index contributed by atoms with van der Waals surface area (Å²) in [6.07, 6.45) is -0.921. The molecule has 0 amide bonds. The van der Waals surface area contributed by atoms with Crippen molar-refractivity contribution in [3.8, 4) is 0 Å². The number of alkyl halides is 3. The Bertz CT molecular complexity index is 309. The zero-order valence-electron chi connectivity index (χ0n) is 8.34. The van der Waals surface area contributed by atoms with E-state index >= 15 is 0 Å². The first-order chi connectivity index (χ1) is 6.93. The first-order valence-electron chi connectivity index (χ1n) is 4.71. The molecule has 0 fully saturated rings. The molecule has 0 saturated carbocycles. The molecule has 1 unspecified atom stereocenters. The summed E-state index contributed by atoms with van der Waals surface area (Å²) in [5.74, 6) is 0. The van der Waals surface area contributed by atoms with E-state index in [0.29, 0.717) is 29.1 Å². The number of nitrogens with two attached hydrogens (primary N) is 1. The lowest BCUT2D eigenvalue weighted by atomic mass is 10.1. The van der Waals surface area contributed by atoms with Gasteiger partial charge in [0.25, 0.3) is 0 Å². The van der Waals surface area contributed by atoms with Crippen LogP contribution in [0.1, 0.15) is 29.7 Å². The van der Waals surface area contributed by atoms with Gasteiger partial charge in [-0.25, -0.2) is 4.98 Å². The Hall–Kier alpha value is -0.620. The SMILES string of the molecule is CCC(N)CCc1cnc(C(F)(F)F)s1. The van der Waals surface area contributed by atoms with Crippen LogP contribution < -0.4 is 5.73 Å². The first-order valence-corrected chi connectivity index (χ1v) is 5.52. The van der Waals surface area contributed by atoms with Gasteiger partial charge >= 0.3 is 6.18 Å². The Labute approximate surface area is 90.3 Å². The summed E-state index contributed by atoms with van der Waals surface area (Å²) in [6, 6.07) is 0.0569. The van der Waals surface area contributed by atoms with Gasteiger partial charge in [0.2, 0.25) is 0 Å². The summed E-state index contributed by atoms with van der Waals surface area (Å²) in [5, 5.41) is -0.775. The fourth-order valence-corrected chi connectivity index (χ4v) is 1.88. The third-order valence-corrected chi connectivity index (χ3v) is 3.18. The molecule has 0 spiro atoms. The fraction of sp³-hybridized carbons (Fsp3) is 0.667. The maximum Gasteiger partial charge on any atom is 0.443 e. The van der Waals surface area contributed by atoms with Crippen LogP contribution >= 0.6 is 11.3 Å². The van der Waals surface area contributed by atoms with E-state index in [2.05, 4.69) is 4.98 Å². The summed E-state index contributed by atoms with van der Waals surface area (Å²) in [7, 11) is 0. The Morgan fingerprint density at radius 2 is 2.20 bits per heavy atom. The predicted molar refractivity (Wildman–Crippen MR) is 53.7 cm³/mol. The van der Waals surface area contributed by atoms with E-state index in [4.69, 9.17) is 5.73 Å². The maximum atomic E-state index is 12.2. The van der Waals surface area contributed by atoms with Gasteiger partial charge in [-0.1, -0.05) is 6.92 Å². The van der Waals surface area contributed by atoms with Crippen molar-refractivity contribution in [3.05, 3.63) is 16.1 Å². The van der Waals surface area contributed by atoms with Crippen LogP contribution in [-0.4, -0.2) is 11.0 Å². The minimum atomic E-state index is -4.32. The Morgan fingerprint density at radius 1 is 1.53 bits per heavy atom. The first kappa shape index (κ1) is 12.4. The van der Waals surface area contributed by atoms with Gasteiger partial charge < -0.3 is 5.73 Å². The van der Waals surface area contributed by atoms with Gasteiger partial charge in [-0.15, -0.1) is 11.3 Å². The van der Waals surface area contributed by atoms with Crippen LogP contribution in [0.4, 0.5) is 13.2 Å². The second-order valence-corrected chi connectivity index (χ2v) is 4.45. The number of hydrogen-bond donors (Lipinski definition) is 1. The molecule has 0 aromatic carbocycles. The van der Waals surface area contributed by atoms with Crippen molar-refractivity contribution in [2.75, 3.05) is 0 Å². The summed E-state index contributed by atoms with van der Waals surface area (Å²) in [4.78, 5) is 3.99. The molecule has 0 aliphatic carbocycles. The van der Waals surface area contributed by atoms with Crippen molar-refractivity contribution in [3.63, 3.8) is 0 Å². The van der Waals surface area contributed by atoms with Crippen LogP contribution in [0.15, 0.2) is 6.20 Å². The van der Waals surface area contributed by atoms with Crippen molar-refractivity contribution in [1.82, 2.24) is 4.98 Å². The highest BCUT2D eigenvalue weighted by molar-refractivity contribution is 7.11. The van der Waals surface area contributed by atoms with Crippen LogP contribution in [0.5, 0.6) is 0 Å². The van der Waals surface area contributed by atoms with Gasteiger partial charge in [-0.05, 0) is 19.3 Å². The molecule has 15 heavy (non-hydrogen) atoms. The minimum Gasteiger partial charge on any atom is -0.328 e. The second kappa shape index (κ2) is 4.94. The van der Waals surface area contributed by atoms with Gasteiger partial charge in [-0.2, -0.15) is 13.2 Å². The third kappa shape index (κ3) is 3.79. The molecule has 0 saturated heterocycles. The standard InChI is InChI=1S/C9H13F3N2S/c1-2-6(13)3-4-7-5-14-8(15-7)9(10,11)12/h5-6H,2-4,13H2,1H3. The van der Waals surface area contributed by atoms with Crippen molar-refractivity contribution < 1.29 is 13.2 Å². The Kier molecular flexibility index (Phi) is 4.10. The quantitative estimate of drug-likeness (QED) is 0.876. The van der Waals surface area contributed by atoms with Crippen LogP contribution in [-0.2, 0) is 12.6 Å². The van der Waals surface area contributed by atoms with Gasteiger partial charge in [0, 0.05) is 17.1 Å². The molecule has 1 rings (SSSR count). The lowest BCUT2D eigenvalue weighted by Gasteiger charge is -2.05. The molecule has 86 valence electrons. The van der Waals surface area contributed by atoms with Crippen LogP contribution in [0, 0.1) is 0 Å². The van der Waals surface area contributed by atoms with E-state index in [1.54, 1.807) is 0 Å². The molecule has 0 aliphatic rings. The van der Waals surface area contributed by atoms with E-state index in [-0.39, 0.29) is 6.04 Å². The zero-order valence-corrected chi connectivity index (χ0v) is 9.16. The predicted octanol–water partition coefficient (Wildman–Crippen LogP) is 2.83. The van der Waals surface area contributed by atoms with Gasteiger partial charge in [0.15, 0.2) is 5.01 Å². The average Bonchev–Trinajstić information content (AvgIpc) is 2.61. The van der Waals surface area contributed by atoms with Crippen molar-refractivity contribution in [1.29, 1.82) is 0 Å². The van der Waals surface area contributed by atoms with E-state index in [9.17, 15) is 13.2 Å². The van der Waals surface area contributed by atoms with E-state index in [0.717, 1.165) is 6.42 Å². The van der Waals surface area contributed by atoms with Gasteiger partial charge in [0.05, 0.1) is 0 Å². The number of aryl methyl sites for hydroxylation is 1. The number of halogens is 3. The number of rotatable bonds is 4. The number of aromatic nitrogens is 1. The van der Waals surface area contributed by atoms with E-state index in [1.807, 2.05) is 6.92 Å². The highest BCUT2D eigenvalue weighted by Gasteiger charge is 2.34. The minimum absolute atomic E-state index is 0.0569. The van der Waals surface area contributed by atoms with Crippen LogP contribution in [0.2, 0.25) is 0 Å². The summed E-state index contributed by atoms with van der Waals surface area (Å²) in [5.41, 5.74) is 5.68. The molecular weight excluding hydrogens is 225 g/mol. The zero-order chi connectivity index (χ0) is 11.5. The second-order valence-electron chi connectivity index (χ2n) is 3.34. The Morgan fingerprint density at radius 3 is 2.67 bits per heavy atom. The molecule has 2 N–H and O–H groups in total. The summed E-state index contributed by atoms with van der Waals surface area (Å²) >= 11 is 0.701. The highest BCUT2D eigenvalue weighted by Crippen LogP contribution is 2.32. The summed E-state index contributed by atoms with van der Waals surface area (Å²) < 4.78 is 36.6. The molecule has 2 nitrogen and oxygen atoms in total. The monoisotopic (exact) mass is 238 g/mol. The van der Waals surface area contributed by atoms with E-state index in [1.165, 1.54) is 6.20 Å². The third-order valence-electron chi connectivity index (χ3n) is 2.08. The van der Waals surface area contributed by atoms with Crippen LogP contribution in [0.3, 0.4) is 0 Å². The molecule has 0 radical (unpaired) electrons. The number of thiazole rings is 1. The molecule has 1 aromatic rings. The topological polar surface area (TPSA) is 38.9 Å². The van der Waals surface area contributed by atoms with Crippen molar-refractivity contribution >= 4 is 11.3 Å². The molecule has 1 aromatic heterocycles. The van der Waals surface area contributed by atoms with Crippen molar-refractivity contribution in [2.45, 2.75) is 38.4 Å². The van der Waals surface area contributed by atoms with Gasteiger partial charge in [0.1, 0.15) is 0 Å². The molecule has 6 heteroatoms.